The SMILES string of the molecule is CNC1=CC=C(/C=C/c2ccc3c(c2)OCC3C)CC1. The lowest BCUT2D eigenvalue weighted by Crippen LogP contribution is -2.07. The molecule has 0 bridgehead atoms. The number of allylic oxidation sites excluding steroid dienone is 5. The maximum Gasteiger partial charge on any atom is 0.123 e. The summed E-state index contributed by atoms with van der Waals surface area (Å²) >= 11 is 0. The molecule has 1 unspecified atom stereocenters. The topological polar surface area (TPSA) is 21.3 Å². The lowest BCUT2D eigenvalue weighted by Gasteiger charge is -2.11. The number of hydrogen-bond donors (Lipinski definition) is 1. The van der Waals surface area contributed by atoms with Gasteiger partial charge in [0.15, 0.2) is 0 Å². The summed E-state index contributed by atoms with van der Waals surface area (Å²) in [6.07, 6.45) is 10.9. The molecule has 0 fully saturated rings. The summed E-state index contributed by atoms with van der Waals surface area (Å²) in [5, 5.41) is 3.21. The number of ether oxygens (including phenoxy) is 1. The van der Waals surface area contributed by atoms with Crippen LogP contribution < -0.4 is 10.1 Å². The van der Waals surface area contributed by atoms with Crippen LogP contribution in [0.25, 0.3) is 6.08 Å². The first-order chi connectivity index (χ1) is 9.76. The van der Waals surface area contributed by atoms with Crippen LogP contribution in [0.3, 0.4) is 0 Å². The monoisotopic (exact) mass is 267 g/mol. The highest BCUT2D eigenvalue weighted by Gasteiger charge is 2.19. The summed E-state index contributed by atoms with van der Waals surface area (Å²) in [6, 6.07) is 6.52. The molecule has 0 radical (unpaired) electrons. The van der Waals surface area contributed by atoms with Crippen molar-refractivity contribution in [2.24, 2.45) is 0 Å². The number of hydrogen-bond acceptors (Lipinski definition) is 2. The molecule has 0 saturated carbocycles. The van der Waals surface area contributed by atoms with Crippen LogP contribution >= 0.6 is 0 Å². The van der Waals surface area contributed by atoms with Gasteiger partial charge in [0, 0.05) is 24.2 Å². The predicted molar refractivity (Wildman–Crippen MR) is 83.8 cm³/mol. The average molecular weight is 267 g/mol. The van der Waals surface area contributed by atoms with E-state index < -0.39 is 0 Å². The van der Waals surface area contributed by atoms with Gasteiger partial charge in [-0.25, -0.2) is 0 Å². The molecule has 0 spiro atoms. The first-order valence-electron chi connectivity index (χ1n) is 7.28. The normalized spacial score (nSPS) is 21.2. The van der Waals surface area contributed by atoms with Crippen LogP contribution in [-0.2, 0) is 0 Å². The third kappa shape index (κ3) is 2.64. The van der Waals surface area contributed by atoms with E-state index in [2.05, 4.69) is 54.7 Å². The summed E-state index contributed by atoms with van der Waals surface area (Å²) in [4.78, 5) is 0. The van der Waals surface area contributed by atoms with Crippen molar-refractivity contribution in [3.8, 4) is 5.75 Å². The highest BCUT2D eigenvalue weighted by molar-refractivity contribution is 5.58. The van der Waals surface area contributed by atoms with Crippen LogP contribution in [-0.4, -0.2) is 13.7 Å². The van der Waals surface area contributed by atoms with Crippen LogP contribution in [0.15, 0.2) is 47.7 Å². The molecule has 2 aliphatic rings. The van der Waals surface area contributed by atoms with Crippen LogP contribution in [0.1, 0.15) is 36.8 Å². The number of fused-ring (bicyclic) bond motifs is 1. The van der Waals surface area contributed by atoms with Crippen molar-refractivity contribution in [3.05, 3.63) is 58.8 Å². The van der Waals surface area contributed by atoms with Crippen molar-refractivity contribution >= 4 is 6.08 Å². The van der Waals surface area contributed by atoms with Gasteiger partial charge in [0.2, 0.25) is 0 Å². The van der Waals surface area contributed by atoms with E-state index in [1.165, 1.54) is 22.4 Å². The fourth-order valence-corrected chi connectivity index (χ4v) is 2.70. The first-order valence-corrected chi connectivity index (χ1v) is 7.28. The highest BCUT2D eigenvalue weighted by Crippen LogP contribution is 2.34. The minimum atomic E-state index is 0.522. The zero-order valence-corrected chi connectivity index (χ0v) is 12.1. The molecular weight excluding hydrogens is 246 g/mol. The van der Waals surface area contributed by atoms with Crippen molar-refractivity contribution in [2.45, 2.75) is 25.7 Å². The Labute approximate surface area is 120 Å². The molecule has 1 aromatic carbocycles. The Bertz CT molecular complexity index is 595. The fourth-order valence-electron chi connectivity index (χ4n) is 2.70. The Balaban J connectivity index is 1.74. The summed E-state index contributed by atoms with van der Waals surface area (Å²) in [5.74, 6) is 1.57. The van der Waals surface area contributed by atoms with Gasteiger partial charge in [-0.1, -0.05) is 37.3 Å². The van der Waals surface area contributed by atoms with Gasteiger partial charge >= 0.3 is 0 Å². The lowest BCUT2D eigenvalue weighted by molar-refractivity contribution is 0.337. The Hall–Kier alpha value is -1.96. The first kappa shape index (κ1) is 13.0. The third-order valence-electron chi connectivity index (χ3n) is 4.05. The maximum atomic E-state index is 5.71. The molecule has 2 nitrogen and oxygen atoms in total. The van der Waals surface area contributed by atoms with E-state index in [4.69, 9.17) is 4.74 Å². The standard InChI is InChI=1S/C18H21NO/c1-13-12-20-18-11-15(7-10-17(13)18)4-3-14-5-8-16(19-2)9-6-14/h3-5,7-8,10-11,13,19H,6,9,12H2,1-2H3/b4-3+. The zero-order chi connectivity index (χ0) is 13.9. The number of benzene rings is 1. The second-order valence-corrected chi connectivity index (χ2v) is 5.53. The van der Waals surface area contributed by atoms with E-state index >= 15 is 0 Å². The Kier molecular flexibility index (Phi) is 3.64. The van der Waals surface area contributed by atoms with Gasteiger partial charge in [0.05, 0.1) is 6.61 Å². The molecule has 1 N–H and O–H groups in total. The lowest BCUT2D eigenvalue weighted by atomic mass is 9.99. The molecule has 20 heavy (non-hydrogen) atoms. The fraction of sp³-hybridized carbons (Fsp3) is 0.333. The average Bonchev–Trinajstić information content (AvgIpc) is 2.87. The van der Waals surface area contributed by atoms with Gasteiger partial charge < -0.3 is 10.1 Å². The van der Waals surface area contributed by atoms with Crippen LogP contribution in [0.2, 0.25) is 0 Å². The molecule has 1 atom stereocenters. The third-order valence-corrected chi connectivity index (χ3v) is 4.05. The predicted octanol–water partition coefficient (Wildman–Crippen LogP) is 4.02. The van der Waals surface area contributed by atoms with Crippen molar-refractivity contribution in [2.75, 3.05) is 13.7 Å². The molecule has 0 amide bonds. The second kappa shape index (κ2) is 5.58. The van der Waals surface area contributed by atoms with E-state index in [9.17, 15) is 0 Å². The molecular formula is C18H21NO. The Morgan fingerprint density at radius 2 is 2.10 bits per heavy atom. The summed E-state index contributed by atoms with van der Waals surface area (Å²) in [7, 11) is 1.98. The summed E-state index contributed by atoms with van der Waals surface area (Å²) in [5.41, 5.74) is 5.23. The van der Waals surface area contributed by atoms with Crippen molar-refractivity contribution in [1.82, 2.24) is 5.32 Å². The van der Waals surface area contributed by atoms with E-state index in [1.807, 2.05) is 7.05 Å². The van der Waals surface area contributed by atoms with Crippen molar-refractivity contribution in [3.63, 3.8) is 0 Å². The van der Waals surface area contributed by atoms with Gasteiger partial charge in [-0.3, -0.25) is 0 Å². The van der Waals surface area contributed by atoms with Crippen molar-refractivity contribution in [1.29, 1.82) is 0 Å². The van der Waals surface area contributed by atoms with Gasteiger partial charge in [0.1, 0.15) is 5.75 Å². The quantitative estimate of drug-likeness (QED) is 0.893. The summed E-state index contributed by atoms with van der Waals surface area (Å²) < 4.78 is 5.71. The molecule has 1 aliphatic carbocycles. The van der Waals surface area contributed by atoms with E-state index in [0.29, 0.717) is 5.92 Å². The van der Waals surface area contributed by atoms with Crippen LogP contribution in [0, 0.1) is 0 Å². The minimum Gasteiger partial charge on any atom is -0.493 e. The highest BCUT2D eigenvalue weighted by atomic mass is 16.5. The van der Waals surface area contributed by atoms with E-state index in [1.54, 1.807) is 0 Å². The summed E-state index contributed by atoms with van der Waals surface area (Å²) in [6.45, 7) is 3.02. The zero-order valence-electron chi connectivity index (χ0n) is 12.1. The smallest absolute Gasteiger partial charge is 0.123 e. The van der Waals surface area contributed by atoms with Crippen LogP contribution in [0.5, 0.6) is 5.75 Å². The van der Waals surface area contributed by atoms with Gasteiger partial charge in [0.25, 0.3) is 0 Å². The Morgan fingerprint density at radius 3 is 2.85 bits per heavy atom. The molecule has 0 aromatic heterocycles. The molecule has 1 heterocycles. The van der Waals surface area contributed by atoms with Gasteiger partial charge in [-0.2, -0.15) is 0 Å². The maximum absolute atomic E-state index is 5.71. The largest absolute Gasteiger partial charge is 0.493 e. The van der Waals surface area contributed by atoms with Gasteiger partial charge in [-0.15, -0.1) is 0 Å². The van der Waals surface area contributed by atoms with E-state index in [-0.39, 0.29) is 0 Å². The number of rotatable bonds is 3. The number of nitrogens with one attached hydrogen (secondary N) is 1. The van der Waals surface area contributed by atoms with E-state index in [0.717, 1.165) is 25.2 Å². The minimum absolute atomic E-state index is 0.522. The van der Waals surface area contributed by atoms with Crippen LogP contribution in [0.4, 0.5) is 0 Å². The van der Waals surface area contributed by atoms with Crippen molar-refractivity contribution < 1.29 is 4.74 Å². The molecule has 3 rings (SSSR count). The van der Waals surface area contributed by atoms with Gasteiger partial charge in [-0.05, 0) is 36.1 Å². The molecule has 2 heteroatoms. The molecule has 1 aromatic rings. The Morgan fingerprint density at radius 1 is 1.20 bits per heavy atom. The molecule has 104 valence electrons. The molecule has 1 aliphatic heterocycles. The molecule has 0 saturated heterocycles. The second-order valence-electron chi connectivity index (χ2n) is 5.53.